The van der Waals surface area contributed by atoms with Gasteiger partial charge < -0.3 is 16.0 Å². The van der Waals surface area contributed by atoms with E-state index in [2.05, 4.69) is 10.2 Å². The van der Waals surface area contributed by atoms with E-state index in [-0.39, 0.29) is 42.3 Å². The van der Waals surface area contributed by atoms with Crippen LogP contribution in [0.25, 0.3) is 0 Å². The molecule has 1 atom stereocenters. The summed E-state index contributed by atoms with van der Waals surface area (Å²) < 4.78 is 13.5. The third-order valence-electron chi connectivity index (χ3n) is 4.05. The molecule has 2 rings (SSSR count). The van der Waals surface area contributed by atoms with E-state index < -0.39 is 11.7 Å². The summed E-state index contributed by atoms with van der Waals surface area (Å²) in [5, 5.41) is 2.73. The van der Waals surface area contributed by atoms with Crippen LogP contribution in [0.1, 0.15) is 23.7 Å². The van der Waals surface area contributed by atoms with Gasteiger partial charge in [-0.1, -0.05) is 12.1 Å². The summed E-state index contributed by atoms with van der Waals surface area (Å²) in [6.45, 7) is 5.82. The van der Waals surface area contributed by atoms with Gasteiger partial charge in [-0.2, -0.15) is 0 Å². The molecular weight excluding hydrogens is 382 g/mol. The van der Waals surface area contributed by atoms with E-state index in [9.17, 15) is 14.0 Å². The van der Waals surface area contributed by atoms with E-state index in [0.29, 0.717) is 32.6 Å². The van der Waals surface area contributed by atoms with Crippen molar-refractivity contribution in [3.8, 4) is 0 Å². The van der Waals surface area contributed by atoms with Gasteiger partial charge in [-0.25, -0.2) is 4.39 Å². The molecule has 1 unspecified atom stereocenters. The van der Waals surface area contributed by atoms with Gasteiger partial charge in [0, 0.05) is 51.7 Å². The van der Waals surface area contributed by atoms with Crippen molar-refractivity contribution in [2.45, 2.75) is 19.4 Å². The highest BCUT2D eigenvalue weighted by Crippen LogP contribution is 2.06. The first-order valence-corrected chi connectivity index (χ1v) is 8.26. The second kappa shape index (κ2) is 12.1. The lowest BCUT2D eigenvalue weighted by Gasteiger charge is -2.35. The molecule has 0 radical (unpaired) electrons. The minimum atomic E-state index is -0.517. The molecule has 148 valence electrons. The number of halogens is 3. The Morgan fingerprint density at radius 1 is 1.19 bits per heavy atom. The molecule has 1 aromatic rings. The van der Waals surface area contributed by atoms with Crippen molar-refractivity contribution in [1.29, 1.82) is 0 Å². The van der Waals surface area contributed by atoms with Crippen LogP contribution in [-0.2, 0) is 4.79 Å². The van der Waals surface area contributed by atoms with E-state index >= 15 is 0 Å². The molecule has 1 fully saturated rings. The molecule has 1 aromatic carbocycles. The predicted molar refractivity (Wildman–Crippen MR) is 105 cm³/mol. The molecule has 3 N–H and O–H groups in total. The number of nitrogens with zero attached hydrogens (tertiary/aromatic N) is 2. The molecule has 1 aliphatic heterocycles. The fourth-order valence-electron chi connectivity index (χ4n) is 2.69. The molecule has 26 heavy (non-hydrogen) atoms. The molecule has 1 saturated heterocycles. The first-order valence-electron chi connectivity index (χ1n) is 8.26. The standard InChI is InChI=1S/C17H25FN4O2.2ClH/c1-13(19)12-16(23)22-10-8-21(9-11-22)7-6-20-17(24)14-4-2-3-5-15(14)18;;/h2-5,13H,6-12,19H2,1H3,(H,20,24);2*1H. The lowest BCUT2D eigenvalue weighted by atomic mass is 10.2. The maximum absolute atomic E-state index is 13.5. The Balaban J connectivity index is 0.00000312. The zero-order valence-electron chi connectivity index (χ0n) is 14.8. The van der Waals surface area contributed by atoms with E-state index in [1.807, 2.05) is 11.8 Å². The summed E-state index contributed by atoms with van der Waals surface area (Å²) in [5.41, 5.74) is 5.71. The normalized spacial score (nSPS) is 15.4. The first kappa shape index (κ1) is 24.6. The van der Waals surface area contributed by atoms with Crippen LogP contribution in [0.15, 0.2) is 24.3 Å². The zero-order chi connectivity index (χ0) is 17.5. The summed E-state index contributed by atoms with van der Waals surface area (Å²) in [5.74, 6) is -0.826. The topological polar surface area (TPSA) is 78.7 Å². The van der Waals surface area contributed by atoms with Gasteiger partial charge in [0.05, 0.1) is 5.56 Å². The lowest BCUT2D eigenvalue weighted by molar-refractivity contribution is -0.133. The van der Waals surface area contributed by atoms with Gasteiger partial charge in [-0.15, -0.1) is 24.8 Å². The number of benzene rings is 1. The zero-order valence-corrected chi connectivity index (χ0v) is 16.5. The molecule has 0 bridgehead atoms. The number of nitrogens with two attached hydrogens (primary N) is 1. The van der Waals surface area contributed by atoms with Crippen molar-refractivity contribution in [3.05, 3.63) is 35.6 Å². The third-order valence-corrected chi connectivity index (χ3v) is 4.05. The fourth-order valence-corrected chi connectivity index (χ4v) is 2.69. The molecular formula is C17H27Cl2FN4O2. The Morgan fingerprint density at radius 3 is 2.38 bits per heavy atom. The van der Waals surface area contributed by atoms with E-state index in [1.54, 1.807) is 12.1 Å². The predicted octanol–water partition coefficient (Wildman–Crippen LogP) is 1.28. The maximum atomic E-state index is 13.5. The summed E-state index contributed by atoms with van der Waals surface area (Å²) in [7, 11) is 0. The summed E-state index contributed by atoms with van der Waals surface area (Å²) in [4.78, 5) is 27.9. The number of piperazine rings is 1. The number of rotatable bonds is 6. The fraction of sp³-hybridized carbons (Fsp3) is 0.529. The largest absolute Gasteiger partial charge is 0.351 e. The quantitative estimate of drug-likeness (QED) is 0.742. The molecule has 1 heterocycles. The summed E-state index contributed by atoms with van der Waals surface area (Å²) >= 11 is 0. The SMILES string of the molecule is CC(N)CC(=O)N1CCN(CCNC(=O)c2ccccc2F)CC1.Cl.Cl. The van der Waals surface area contributed by atoms with Crippen molar-refractivity contribution in [2.24, 2.45) is 5.73 Å². The Bertz CT molecular complexity index is 582. The molecule has 0 saturated carbocycles. The van der Waals surface area contributed by atoms with Crippen LogP contribution in [0.3, 0.4) is 0 Å². The van der Waals surface area contributed by atoms with Crippen LogP contribution in [0.2, 0.25) is 0 Å². The van der Waals surface area contributed by atoms with Gasteiger partial charge in [0.15, 0.2) is 0 Å². The minimum Gasteiger partial charge on any atom is -0.351 e. The van der Waals surface area contributed by atoms with Gasteiger partial charge in [0.2, 0.25) is 5.91 Å². The number of nitrogens with one attached hydrogen (secondary N) is 1. The average Bonchev–Trinajstić information content (AvgIpc) is 2.55. The molecule has 0 spiro atoms. The van der Waals surface area contributed by atoms with Crippen LogP contribution in [0.5, 0.6) is 0 Å². The smallest absolute Gasteiger partial charge is 0.254 e. The number of carbonyl (C=O) groups is 2. The molecule has 2 amide bonds. The van der Waals surface area contributed by atoms with E-state index in [4.69, 9.17) is 5.73 Å². The number of hydrogen-bond donors (Lipinski definition) is 2. The van der Waals surface area contributed by atoms with Gasteiger partial charge in [-0.3, -0.25) is 14.5 Å². The summed E-state index contributed by atoms with van der Waals surface area (Å²) in [6.07, 6.45) is 0.374. The molecule has 9 heteroatoms. The van der Waals surface area contributed by atoms with Crippen LogP contribution in [0, 0.1) is 5.82 Å². The molecule has 0 aliphatic carbocycles. The Labute approximate surface area is 166 Å². The highest BCUT2D eigenvalue weighted by molar-refractivity contribution is 5.94. The Hall–Kier alpha value is -1.41. The summed E-state index contributed by atoms with van der Waals surface area (Å²) in [6, 6.07) is 5.80. The van der Waals surface area contributed by atoms with Crippen molar-refractivity contribution in [3.63, 3.8) is 0 Å². The maximum Gasteiger partial charge on any atom is 0.254 e. The third kappa shape index (κ3) is 7.45. The molecule has 1 aliphatic rings. The first-order chi connectivity index (χ1) is 11.5. The minimum absolute atomic E-state index is 0. The second-order valence-corrected chi connectivity index (χ2v) is 6.14. The number of hydrogen-bond acceptors (Lipinski definition) is 4. The Morgan fingerprint density at radius 2 is 1.81 bits per heavy atom. The van der Waals surface area contributed by atoms with Gasteiger partial charge in [0.25, 0.3) is 5.91 Å². The van der Waals surface area contributed by atoms with Crippen LogP contribution in [0.4, 0.5) is 4.39 Å². The van der Waals surface area contributed by atoms with E-state index in [1.165, 1.54) is 12.1 Å². The van der Waals surface area contributed by atoms with Crippen LogP contribution in [-0.4, -0.2) is 66.9 Å². The number of amides is 2. The van der Waals surface area contributed by atoms with Crippen LogP contribution >= 0.6 is 24.8 Å². The highest BCUT2D eigenvalue weighted by Gasteiger charge is 2.21. The van der Waals surface area contributed by atoms with Crippen molar-refractivity contribution in [1.82, 2.24) is 15.1 Å². The van der Waals surface area contributed by atoms with Crippen molar-refractivity contribution in [2.75, 3.05) is 39.3 Å². The Kier molecular flexibility index (Phi) is 11.4. The average molecular weight is 409 g/mol. The van der Waals surface area contributed by atoms with Crippen LogP contribution < -0.4 is 11.1 Å². The molecule has 6 nitrogen and oxygen atoms in total. The lowest BCUT2D eigenvalue weighted by Crippen LogP contribution is -2.50. The van der Waals surface area contributed by atoms with Crippen molar-refractivity contribution < 1.29 is 14.0 Å². The van der Waals surface area contributed by atoms with E-state index in [0.717, 1.165) is 13.1 Å². The van der Waals surface area contributed by atoms with Crippen molar-refractivity contribution >= 4 is 36.6 Å². The second-order valence-electron chi connectivity index (χ2n) is 6.14. The monoisotopic (exact) mass is 408 g/mol. The van der Waals surface area contributed by atoms with Gasteiger partial charge in [-0.05, 0) is 19.1 Å². The molecule has 0 aromatic heterocycles. The van der Waals surface area contributed by atoms with Gasteiger partial charge in [0.1, 0.15) is 5.82 Å². The van der Waals surface area contributed by atoms with Gasteiger partial charge >= 0.3 is 0 Å². The highest BCUT2D eigenvalue weighted by atomic mass is 35.5. The number of carbonyl (C=O) groups excluding carboxylic acids is 2.